The SMILES string of the molecule is CCOC(=O)C1=C(C)OC(N)=C(C#N)C1c1cc(Cl)cc(OC)c1OC(C)C. The molecule has 1 aliphatic rings. The second-order valence-corrected chi connectivity index (χ2v) is 6.74. The second-order valence-electron chi connectivity index (χ2n) is 6.31. The molecule has 0 bridgehead atoms. The van der Waals surface area contributed by atoms with Crippen molar-refractivity contribution in [2.45, 2.75) is 39.7 Å². The molecule has 28 heavy (non-hydrogen) atoms. The summed E-state index contributed by atoms with van der Waals surface area (Å²) >= 11 is 6.28. The lowest BCUT2D eigenvalue weighted by Gasteiger charge is -2.29. The number of nitrogens with zero attached hydrogens (tertiary/aromatic N) is 1. The Bertz CT molecular complexity index is 883. The maximum absolute atomic E-state index is 12.7. The van der Waals surface area contributed by atoms with Gasteiger partial charge in [0.1, 0.15) is 17.4 Å². The zero-order valence-corrected chi connectivity index (χ0v) is 17.2. The zero-order chi connectivity index (χ0) is 21.0. The predicted octanol–water partition coefficient (Wildman–Crippen LogP) is 3.78. The van der Waals surface area contributed by atoms with E-state index < -0.39 is 11.9 Å². The minimum Gasteiger partial charge on any atom is -0.493 e. The summed E-state index contributed by atoms with van der Waals surface area (Å²) < 4.78 is 22.0. The Labute approximate surface area is 169 Å². The molecule has 0 fully saturated rings. The molecule has 2 rings (SSSR count). The summed E-state index contributed by atoms with van der Waals surface area (Å²) in [6.45, 7) is 7.15. The van der Waals surface area contributed by atoms with Gasteiger partial charge in [-0.05, 0) is 33.8 Å². The Morgan fingerprint density at radius 1 is 1.43 bits per heavy atom. The first-order chi connectivity index (χ1) is 13.2. The average molecular weight is 407 g/mol. The van der Waals surface area contributed by atoms with Gasteiger partial charge >= 0.3 is 5.97 Å². The molecule has 0 aliphatic carbocycles. The molecule has 0 saturated heterocycles. The first-order valence-electron chi connectivity index (χ1n) is 8.74. The highest BCUT2D eigenvalue weighted by Crippen LogP contribution is 2.47. The summed E-state index contributed by atoms with van der Waals surface area (Å²) in [6.07, 6.45) is -0.198. The number of esters is 1. The minimum absolute atomic E-state index is 0.0616. The molecule has 1 aromatic carbocycles. The van der Waals surface area contributed by atoms with Crippen LogP contribution in [0.5, 0.6) is 11.5 Å². The summed E-state index contributed by atoms with van der Waals surface area (Å²) in [7, 11) is 1.48. The third-order valence-electron chi connectivity index (χ3n) is 4.03. The van der Waals surface area contributed by atoms with E-state index in [0.29, 0.717) is 22.1 Å². The molecule has 1 aliphatic heterocycles. The normalized spacial score (nSPS) is 16.6. The lowest BCUT2D eigenvalue weighted by Crippen LogP contribution is -2.26. The van der Waals surface area contributed by atoms with Gasteiger partial charge in [0.25, 0.3) is 0 Å². The molecule has 0 saturated carbocycles. The number of hydrogen-bond donors (Lipinski definition) is 1. The number of carbonyl (C=O) groups is 1. The van der Waals surface area contributed by atoms with Gasteiger partial charge in [0.15, 0.2) is 11.5 Å². The zero-order valence-electron chi connectivity index (χ0n) is 16.5. The van der Waals surface area contributed by atoms with Crippen LogP contribution in [0.3, 0.4) is 0 Å². The van der Waals surface area contributed by atoms with Gasteiger partial charge in [0.05, 0.1) is 31.3 Å². The van der Waals surface area contributed by atoms with Crippen molar-refractivity contribution in [2.75, 3.05) is 13.7 Å². The lowest BCUT2D eigenvalue weighted by atomic mass is 9.82. The van der Waals surface area contributed by atoms with Crippen LogP contribution in [0, 0.1) is 11.3 Å². The molecule has 0 spiro atoms. The Hall–Kier alpha value is -2.85. The maximum atomic E-state index is 12.7. The van der Waals surface area contributed by atoms with Crippen LogP contribution in [0.2, 0.25) is 5.02 Å². The van der Waals surface area contributed by atoms with Gasteiger partial charge in [-0.25, -0.2) is 4.79 Å². The van der Waals surface area contributed by atoms with Crippen LogP contribution < -0.4 is 15.2 Å². The third-order valence-corrected chi connectivity index (χ3v) is 4.25. The van der Waals surface area contributed by atoms with Gasteiger partial charge in [-0.1, -0.05) is 11.6 Å². The van der Waals surface area contributed by atoms with Crippen molar-refractivity contribution in [3.63, 3.8) is 0 Å². The number of allylic oxidation sites excluding steroid dienone is 2. The quantitative estimate of drug-likeness (QED) is 0.716. The monoisotopic (exact) mass is 406 g/mol. The maximum Gasteiger partial charge on any atom is 0.338 e. The topological polar surface area (TPSA) is 104 Å². The van der Waals surface area contributed by atoms with Crippen LogP contribution in [0.1, 0.15) is 39.2 Å². The second kappa shape index (κ2) is 8.89. The highest BCUT2D eigenvalue weighted by atomic mass is 35.5. The fraction of sp³-hybridized carbons (Fsp3) is 0.400. The Balaban J connectivity index is 2.82. The molecule has 1 heterocycles. The van der Waals surface area contributed by atoms with E-state index in [1.54, 1.807) is 26.0 Å². The molecule has 1 aromatic rings. The summed E-state index contributed by atoms with van der Waals surface area (Å²) in [4.78, 5) is 12.7. The Morgan fingerprint density at radius 2 is 2.11 bits per heavy atom. The first kappa shape index (κ1) is 21.5. The largest absolute Gasteiger partial charge is 0.493 e. The Kier molecular flexibility index (Phi) is 6.81. The number of hydrogen-bond acceptors (Lipinski definition) is 7. The smallest absolute Gasteiger partial charge is 0.338 e. The number of nitriles is 1. The van der Waals surface area contributed by atoms with Crippen molar-refractivity contribution < 1.29 is 23.7 Å². The molecule has 8 heteroatoms. The van der Waals surface area contributed by atoms with Gasteiger partial charge in [0, 0.05) is 16.7 Å². The van der Waals surface area contributed by atoms with Crippen molar-refractivity contribution in [3.05, 3.63) is 45.5 Å². The number of ether oxygens (including phenoxy) is 4. The fourth-order valence-electron chi connectivity index (χ4n) is 2.98. The van der Waals surface area contributed by atoms with E-state index in [1.165, 1.54) is 7.11 Å². The molecular formula is C20H23ClN2O5. The van der Waals surface area contributed by atoms with Crippen molar-refractivity contribution in [1.29, 1.82) is 5.26 Å². The molecular weight excluding hydrogens is 384 g/mol. The molecule has 0 amide bonds. The van der Waals surface area contributed by atoms with Gasteiger partial charge in [-0.3, -0.25) is 0 Å². The highest BCUT2D eigenvalue weighted by Gasteiger charge is 2.39. The summed E-state index contributed by atoms with van der Waals surface area (Å²) in [6, 6.07) is 5.25. The number of nitrogens with two attached hydrogens (primary N) is 1. The molecule has 7 nitrogen and oxygen atoms in total. The van der Waals surface area contributed by atoms with E-state index in [-0.39, 0.29) is 35.5 Å². The van der Waals surface area contributed by atoms with Crippen LogP contribution in [0.15, 0.2) is 34.9 Å². The van der Waals surface area contributed by atoms with Crippen LogP contribution in [0.4, 0.5) is 0 Å². The Morgan fingerprint density at radius 3 is 2.64 bits per heavy atom. The van der Waals surface area contributed by atoms with Crippen LogP contribution >= 0.6 is 11.6 Å². The number of methoxy groups -OCH3 is 1. The molecule has 1 unspecified atom stereocenters. The van der Waals surface area contributed by atoms with Crippen LogP contribution in [-0.4, -0.2) is 25.8 Å². The van der Waals surface area contributed by atoms with Crippen molar-refractivity contribution in [1.82, 2.24) is 0 Å². The summed E-state index contributed by atoms with van der Waals surface area (Å²) in [5, 5.41) is 10.1. The first-order valence-corrected chi connectivity index (χ1v) is 9.12. The predicted molar refractivity (Wildman–Crippen MR) is 104 cm³/mol. The van der Waals surface area contributed by atoms with Gasteiger partial charge in [-0.2, -0.15) is 5.26 Å². The van der Waals surface area contributed by atoms with E-state index >= 15 is 0 Å². The van der Waals surface area contributed by atoms with Crippen LogP contribution in [0.25, 0.3) is 0 Å². The number of carbonyl (C=O) groups excluding carboxylic acids is 1. The molecule has 0 radical (unpaired) electrons. The number of halogens is 1. The number of benzene rings is 1. The van der Waals surface area contributed by atoms with Gasteiger partial charge < -0.3 is 24.7 Å². The molecule has 150 valence electrons. The molecule has 1 atom stereocenters. The van der Waals surface area contributed by atoms with E-state index in [2.05, 4.69) is 0 Å². The van der Waals surface area contributed by atoms with E-state index in [0.717, 1.165) is 0 Å². The van der Waals surface area contributed by atoms with Crippen molar-refractivity contribution in [3.8, 4) is 17.6 Å². The van der Waals surface area contributed by atoms with Crippen LogP contribution in [-0.2, 0) is 14.3 Å². The lowest BCUT2D eigenvalue weighted by molar-refractivity contribution is -0.139. The van der Waals surface area contributed by atoms with E-state index in [1.807, 2.05) is 19.9 Å². The van der Waals surface area contributed by atoms with E-state index in [9.17, 15) is 10.1 Å². The molecule has 2 N–H and O–H groups in total. The summed E-state index contributed by atoms with van der Waals surface area (Å²) in [5.41, 5.74) is 6.63. The van der Waals surface area contributed by atoms with Gasteiger partial charge in [0.2, 0.25) is 5.88 Å². The minimum atomic E-state index is -0.876. The third kappa shape index (κ3) is 4.18. The van der Waals surface area contributed by atoms with Crippen molar-refractivity contribution in [2.24, 2.45) is 5.73 Å². The molecule has 0 aromatic heterocycles. The average Bonchev–Trinajstić information content (AvgIpc) is 2.61. The van der Waals surface area contributed by atoms with E-state index in [4.69, 9.17) is 36.3 Å². The highest BCUT2D eigenvalue weighted by molar-refractivity contribution is 6.30. The fourth-order valence-corrected chi connectivity index (χ4v) is 3.20. The standard InChI is InChI=1S/C20H23ClN2O5/c1-6-26-20(24)16-11(4)28-19(23)14(9-22)17(16)13-7-12(21)8-15(25-5)18(13)27-10(2)3/h7-8,10,17H,6,23H2,1-5H3. The summed E-state index contributed by atoms with van der Waals surface area (Å²) in [5.74, 6) is -0.593. The van der Waals surface area contributed by atoms with Crippen molar-refractivity contribution >= 4 is 17.6 Å². The number of rotatable bonds is 6. The van der Waals surface area contributed by atoms with Gasteiger partial charge in [-0.15, -0.1) is 0 Å².